The second-order valence-electron chi connectivity index (χ2n) is 4.32. The van der Waals surface area contributed by atoms with Gasteiger partial charge in [0.05, 0.1) is 0 Å². The highest BCUT2D eigenvalue weighted by Crippen LogP contribution is 2.33. The van der Waals surface area contributed by atoms with Gasteiger partial charge in [-0.3, -0.25) is 9.59 Å². The van der Waals surface area contributed by atoms with Gasteiger partial charge in [0.15, 0.2) is 11.9 Å². The number of ether oxygens (including phenoxy) is 1. The number of benzene rings is 1. The molecule has 96 valence electrons. The van der Waals surface area contributed by atoms with Gasteiger partial charge >= 0.3 is 5.97 Å². The molecule has 1 unspecified atom stereocenters. The molecule has 0 saturated heterocycles. The number of rotatable bonds is 1. The van der Waals surface area contributed by atoms with E-state index in [0.29, 0.717) is 11.3 Å². The first-order chi connectivity index (χ1) is 9.16. The summed E-state index contributed by atoms with van der Waals surface area (Å²) in [4.78, 5) is 23.1. The lowest BCUT2D eigenvalue weighted by Crippen LogP contribution is -2.29. The van der Waals surface area contributed by atoms with Crippen LogP contribution in [0.15, 0.2) is 47.4 Å². The number of esters is 1. The van der Waals surface area contributed by atoms with E-state index in [9.17, 15) is 14.7 Å². The lowest BCUT2D eigenvalue weighted by Gasteiger charge is -2.27. The molecule has 0 spiro atoms. The molecule has 1 aromatic heterocycles. The second kappa shape index (κ2) is 4.28. The van der Waals surface area contributed by atoms with Crippen molar-refractivity contribution in [2.45, 2.75) is 12.6 Å². The Balaban J connectivity index is 2.22. The summed E-state index contributed by atoms with van der Waals surface area (Å²) in [6.45, 7) is -0.00743. The summed E-state index contributed by atoms with van der Waals surface area (Å²) in [7, 11) is 0. The lowest BCUT2D eigenvalue weighted by molar-refractivity contribution is -0.151. The van der Waals surface area contributed by atoms with Crippen molar-refractivity contribution in [1.82, 2.24) is 4.57 Å². The van der Waals surface area contributed by atoms with E-state index in [-0.39, 0.29) is 12.3 Å². The minimum atomic E-state index is -0.753. The Bertz CT molecular complexity index is 690. The van der Waals surface area contributed by atoms with Crippen LogP contribution in [0.3, 0.4) is 0 Å². The number of hydrogen-bond acceptors (Lipinski definition) is 4. The molecule has 0 bridgehead atoms. The third-order valence-corrected chi connectivity index (χ3v) is 3.09. The van der Waals surface area contributed by atoms with Gasteiger partial charge in [-0.2, -0.15) is 0 Å². The molecular formula is C14H11NO4. The van der Waals surface area contributed by atoms with Gasteiger partial charge < -0.3 is 14.4 Å². The zero-order chi connectivity index (χ0) is 13.4. The van der Waals surface area contributed by atoms with Gasteiger partial charge in [0.1, 0.15) is 12.2 Å². The van der Waals surface area contributed by atoms with Crippen LogP contribution in [0, 0.1) is 0 Å². The van der Waals surface area contributed by atoms with Crippen LogP contribution in [-0.2, 0) is 16.1 Å². The molecule has 0 aliphatic carbocycles. The molecule has 0 amide bonds. The number of cyclic esters (lactones) is 1. The van der Waals surface area contributed by atoms with Crippen molar-refractivity contribution in [1.29, 1.82) is 0 Å². The molecule has 1 aromatic carbocycles. The van der Waals surface area contributed by atoms with Gasteiger partial charge in [-0.1, -0.05) is 30.3 Å². The van der Waals surface area contributed by atoms with E-state index in [1.807, 2.05) is 6.07 Å². The van der Waals surface area contributed by atoms with Gasteiger partial charge in [0.2, 0.25) is 5.43 Å². The molecule has 5 nitrogen and oxygen atoms in total. The highest BCUT2D eigenvalue weighted by molar-refractivity contribution is 5.71. The summed E-state index contributed by atoms with van der Waals surface area (Å²) in [6.07, 6.45) is 0.740. The first-order valence-electron chi connectivity index (χ1n) is 5.83. The monoisotopic (exact) mass is 257 g/mol. The Morgan fingerprint density at radius 2 is 1.89 bits per heavy atom. The van der Waals surface area contributed by atoms with Gasteiger partial charge in [0.25, 0.3) is 0 Å². The minimum absolute atomic E-state index is 0.00743. The molecule has 1 aliphatic rings. The fourth-order valence-corrected chi connectivity index (χ4v) is 2.21. The third-order valence-electron chi connectivity index (χ3n) is 3.09. The molecule has 1 N–H and O–H groups in total. The maximum atomic E-state index is 11.6. The zero-order valence-electron chi connectivity index (χ0n) is 9.95. The lowest BCUT2D eigenvalue weighted by atomic mass is 10.0. The van der Waals surface area contributed by atoms with Crippen molar-refractivity contribution in [2.24, 2.45) is 0 Å². The van der Waals surface area contributed by atoms with E-state index >= 15 is 0 Å². The number of hydrogen-bond donors (Lipinski definition) is 1. The smallest absolute Gasteiger partial charge is 0.326 e. The Kier molecular flexibility index (Phi) is 2.59. The first kappa shape index (κ1) is 11.5. The van der Waals surface area contributed by atoms with Gasteiger partial charge in [-0.05, 0) is 5.56 Å². The first-order valence-corrected chi connectivity index (χ1v) is 5.83. The fraction of sp³-hybridized carbons (Fsp3) is 0.143. The number of aromatic hydroxyl groups is 1. The van der Waals surface area contributed by atoms with Crippen LogP contribution in [0.1, 0.15) is 17.4 Å². The van der Waals surface area contributed by atoms with Gasteiger partial charge in [0, 0.05) is 12.3 Å². The van der Waals surface area contributed by atoms with Crippen molar-refractivity contribution in [2.75, 3.05) is 0 Å². The number of carbonyl (C=O) groups excluding carboxylic acids is 1. The van der Waals surface area contributed by atoms with E-state index in [4.69, 9.17) is 4.74 Å². The van der Waals surface area contributed by atoms with Crippen LogP contribution in [0.25, 0.3) is 0 Å². The Morgan fingerprint density at radius 3 is 2.63 bits per heavy atom. The number of fused-ring (bicyclic) bond motifs is 1. The van der Waals surface area contributed by atoms with Crippen LogP contribution < -0.4 is 5.43 Å². The predicted octanol–water partition coefficient (Wildman–Crippen LogP) is 1.20. The quantitative estimate of drug-likeness (QED) is 0.779. The highest BCUT2D eigenvalue weighted by Gasteiger charge is 2.30. The number of carbonyl (C=O) groups is 1. The molecule has 0 saturated carbocycles. The molecule has 2 aromatic rings. The Hall–Kier alpha value is -2.56. The van der Waals surface area contributed by atoms with E-state index in [2.05, 4.69) is 0 Å². The molecule has 3 rings (SSSR count). The minimum Gasteiger partial charge on any atom is -0.503 e. The Morgan fingerprint density at radius 1 is 1.16 bits per heavy atom. The molecule has 0 radical (unpaired) electrons. The van der Waals surface area contributed by atoms with Gasteiger partial charge in [-0.25, -0.2) is 0 Å². The Labute approximate surface area is 108 Å². The summed E-state index contributed by atoms with van der Waals surface area (Å²) in [5.74, 6) is -0.770. The summed E-state index contributed by atoms with van der Waals surface area (Å²) in [5.41, 5.74) is 0.550. The number of pyridine rings is 1. The van der Waals surface area contributed by atoms with Crippen molar-refractivity contribution in [3.8, 4) is 5.75 Å². The average molecular weight is 257 g/mol. The molecule has 19 heavy (non-hydrogen) atoms. The number of nitrogens with zero attached hydrogens (tertiary/aromatic N) is 1. The summed E-state index contributed by atoms with van der Waals surface area (Å²) in [6, 6.07) is 10.3. The molecule has 1 aliphatic heterocycles. The van der Waals surface area contributed by atoms with Crippen LogP contribution in [-0.4, -0.2) is 15.6 Å². The van der Waals surface area contributed by atoms with E-state index in [0.717, 1.165) is 0 Å². The second-order valence-corrected chi connectivity index (χ2v) is 4.32. The van der Waals surface area contributed by atoms with Crippen LogP contribution in [0.2, 0.25) is 0 Å². The van der Waals surface area contributed by atoms with E-state index in [1.54, 1.807) is 28.8 Å². The zero-order valence-corrected chi connectivity index (χ0v) is 9.95. The van der Waals surface area contributed by atoms with Crippen molar-refractivity contribution in [3.63, 3.8) is 0 Å². The third kappa shape index (κ3) is 1.89. The molecular weight excluding hydrogens is 246 g/mol. The van der Waals surface area contributed by atoms with E-state index < -0.39 is 17.5 Å². The maximum absolute atomic E-state index is 11.6. The van der Waals surface area contributed by atoms with Crippen LogP contribution >= 0.6 is 0 Å². The summed E-state index contributed by atoms with van der Waals surface area (Å²) in [5, 5.41) is 9.94. The topological polar surface area (TPSA) is 68.5 Å². The highest BCUT2D eigenvalue weighted by atomic mass is 16.5. The SMILES string of the molecule is O=C1Cn2ccc(=O)c(O)c2C(c2ccccc2)O1. The largest absolute Gasteiger partial charge is 0.503 e. The average Bonchev–Trinajstić information content (AvgIpc) is 2.43. The van der Waals surface area contributed by atoms with E-state index in [1.165, 1.54) is 12.3 Å². The number of aromatic nitrogens is 1. The van der Waals surface area contributed by atoms with Gasteiger partial charge in [-0.15, -0.1) is 0 Å². The molecule has 5 heteroatoms. The van der Waals surface area contributed by atoms with Crippen molar-refractivity contribution >= 4 is 5.97 Å². The van der Waals surface area contributed by atoms with Crippen LogP contribution in [0.5, 0.6) is 5.75 Å². The molecule has 2 heterocycles. The predicted molar refractivity (Wildman–Crippen MR) is 66.7 cm³/mol. The van der Waals surface area contributed by atoms with Crippen molar-refractivity contribution in [3.05, 3.63) is 64.1 Å². The molecule has 1 atom stereocenters. The summed E-state index contributed by atoms with van der Waals surface area (Å²) >= 11 is 0. The standard InChI is InChI=1S/C14H11NO4/c16-10-6-7-15-8-11(17)19-14(12(15)13(10)18)9-4-2-1-3-5-9/h1-7,14,18H,8H2. The maximum Gasteiger partial charge on any atom is 0.326 e. The molecule has 0 fully saturated rings. The normalized spacial score (nSPS) is 17.7. The van der Waals surface area contributed by atoms with Crippen molar-refractivity contribution < 1.29 is 14.6 Å². The fourth-order valence-electron chi connectivity index (χ4n) is 2.21. The van der Waals surface area contributed by atoms with Crippen LogP contribution in [0.4, 0.5) is 0 Å². The summed E-state index contributed by atoms with van der Waals surface area (Å²) < 4.78 is 6.82.